The summed E-state index contributed by atoms with van der Waals surface area (Å²) in [5, 5.41) is 3.34. The molecule has 0 saturated carbocycles. The van der Waals surface area contributed by atoms with Crippen molar-refractivity contribution in [3.05, 3.63) is 23.9 Å². The summed E-state index contributed by atoms with van der Waals surface area (Å²) in [5.41, 5.74) is 1.16. The predicted molar refractivity (Wildman–Crippen MR) is 68.2 cm³/mol. The minimum atomic E-state index is 0.0205. The van der Waals surface area contributed by atoms with Gasteiger partial charge in [0.1, 0.15) is 6.10 Å². The fourth-order valence-corrected chi connectivity index (χ4v) is 1.38. The normalized spacial score (nSPS) is 12.8. The highest BCUT2D eigenvalue weighted by molar-refractivity contribution is 5.17. The third-order valence-corrected chi connectivity index (χ3v) is 2.24. The second kappa shape index (κ2) is 7.25. The molecule has 0 aliphatic heterocycles. The van der Waals surface area contributed by atoms with Gasteiger partial charge in [0.05, 0.1) is 6.61 Å². The van der Waals surface area contributed by atoms with E-state index in [-0.39, 0.29) is 6.10 Å². The second-order valence-electron chi connectivity index (χ2n) is 4.42. The summed E-state index contributed by atoms with van der Waals surface area (Å²) in [7, 11) is 1.66. The van der Waals surface area contributed by atoms with Crippen LogP contribution >= 0.6 is 0 Å². The number of nitrogens with zero attached hydrogens (tertiary/aromatic N) is 1. The Morgan fingerprint density at radius 3 is 2.59 bits per heavy atom. The molecule has 1 heterocycles. The topological polar surface area (TPSA) is 43.4 Å². The highest BCUT2D eigenvalue weighted by Crippen LogP contribution is 2.09. The molecule has 0 amide bonds. The average molecular weight is 238 g/mol. The molecule has 96 valence electrons. The van der Waals surface area contributed by atoms with Crippen LogP contribution in [0.3, 0.4) is 0 Å². The van der Waals surface area contributed by atoms with Gasteiger partial charge in [-0.25, -0.2) is 4.98 Å². The van der Waals surface area contributed by atoms with E-state index in [2.05, 4.69) is 24.1 Å². The van der Waals surface area contributed by atoms with Crippen LogP contribution in [0, 0.1) is 0 Å². The Morgan fingerprint density at radius 1 is 1.29 bits per heavy atom. The summed E-state index contributed by atoms with van der Waals surface area (Å²) in [5.74, 6) is 0.642. The van der Waals surface area contributed by atoms with Gasteiger partial charge in [-0.2, -0.15) is 0 Å². The lowest BCUT2D eigenvalue weighted by atomic mass is 10.2. The van der Waals surface area contributed by atoms with Gasteiger partial charge in [-0.15, -0.1) is 0 Å². The third kappa shape index (κ3) is 5.65. The molecule has 0 fully saturated rings. The molecule has 0 bridgehead atoms. The van der Waals surface area contributed by atoms with Crippen LogP contribution in [0.1, 0.15) is 26.3 Å². The molecule has 1 N–H and O–H groups in total. The van der Waals surface area contributed by atoms with Crippen LogP contribution in [0.2, 0.25) is 0 Å². The Hall–Kier alpha value is -1.13. The van der Waals surface area contributed by atoms with Crippen molar-refractivity contribution in [3.8, 4) is 5.88 Å². The highest BCUT2D eigenvalue weighted by Gasteiger charge is 2.04. The van der Waals surface area contributed by atoms with E-state index >= 15 is 0 Å². The Labute approximate surface area is 103 Å². The van der Waals surface area contributed by atoms with Crippen LogP contribution in [0.4, 0.5) is 0 Å². The van der Waals surface area contributed by atoms with Crippen molar-refractivity contribution in [3.63, 3.8) is 0 Å². The number of hydrogen-bond donors (Lipinski definition) is 1. The summed E-state index contributed by atoms with van der Waals surface area (Å²) >= 11 is 0. The molecular weight excluding hydrogens is 216 g/mol. The molecule has 1 aromatic heterocycles. The molecule has 4 nitrogen and oxygen atoms in total. The van der Waals surface area contributed by atoms with Crippen molar-refractivity contribution >= 4 is 0 Å². The van der Waals surface area contributed by atoms with Gasteiger partial charge < -0.3 is 14.8 Å². The minimum absolute atomic E-state index is 0.0205. The fraction of sp³-hybridized carbons (Fsp3) is 0.615. The SMILES string of the molecule is COCC(C)Oc1ccc(CNC(C)C)cn1. The van der Waals surface area contributed by atoms with Crippen molar-refractivity contribution in [2.45, 2.75) is 39.5 Å². The zero-order chi connectivity index (χ0) is 12.7. The smallest absolute Gasteiger partial charge is 0.213 e. The van der Waals surface area contributed by atoms with E-state index in [1.807, 2.05) is 25.3 Å². The number of ether oxygens (including phenoxy) is 2. The lowest BCUT2D eigenvalue weighted by molar-refractivity contribution is 0.0889. The number of nitrogens with one attached hydrogen (secondary N) is 1. The van der Waals surface area contributed by atoms with Gasteiger partial charge >= 0.3 is 0 Å². The van der Waals surface area contributed by atoms with Gasteiger partial charge in [-0.05, 0) is 12.5 Å². The lowest BCUT2D eigenvalue weighted by Gasteiger charge is -2.13. The number of aromatic nitrogens is 1. The molecule has 0 aliphatic carbocycles. The maximum Gasteiger partial charge on any atom is 0.213 e. The summed E-state index contributed by atoms with van der Waals surface area (Å²) < 4.78 is 10.6. The van der Waals surface area contributed by atoms with Gasteiger partial charge in [0.2, 0.25) is 5.88 Å². The fourth-order valence-electron chi connectivity index (χ4n) is 1.38. The Bertz CT molecular complexity index is 312. The standard InChI is InChI=1S/C13H22N2O2/c1-10(2)14-7-12-5-6-13(15-8-12)17-11(3)9-16-4/h5-6,8,10-11,14H,7,9H2,1-4H3. The zero-order valence-electron chi connectivity index (χ0n) is 11.1. The van der Waals surface area contributed by atoms with Gasteiger partial charge in [0.25, 0.3) is 0 Å². The first kappa shape index (κ1) is 13.9. The molecule has 1 unspecified atom stereocenters. The average Bonchev–Trinajstić information content (AvgIpc) is 2.28. The highest BCUT2D eigenvalue weighted by atomic mass is 16.5. The van der Waals surface area contributed by atoms with Crippen LogP contribution in [0.15, 0.2) is 18.3 Å². The summed E-state index contributed by atoms with van der Waals surface area (Å²) in [6.07, 6.45) is 1.86. The maximum absolute atomic E-state index is 5.58. The molecule has 0 aliphatic rings. The molecule has 1 rings (SSSR count). The summed E-state index contributed by atoms with van der Waals surface area (Å²) in [6.45, 7) is 7.60. The van der Waals surface area contributed by atoms with E-state index in [1.54, 1.807) is 7.11 Å². The first-order chi connectivity index (χ1) is 8.11. The summed E-state index contributed by atoms with van der Waals surface area (Å²) in [6, 6.07) is 4.40. The van der Waals surface area contributed by atoms with E-state index in [0.717, 1.165) is 12.1 Å². The molecule has 17 heavy (non-hydrogen) atoms. The largest absolute Gasteiger partial charge is 0.472 e. The van der Waals surface area contributed by atoms with E-state index in [4.69, 9.17) is 9.47 Å². The second-order valence-corrected chi connectivity index (χ2v) is 4.42. The monoisotopic (exact) mass is 238 g/mol. The van der Waals surface area contributed by atoms with Crippen molar-refractivity contribution in [1.82, 2.24) is 10.3 Å². The van der Waals surface area contributed by atoms with Gasteiger partial charge in [0, 0.05) is 32.0 Å². The van der Waals surface area contributed by atoms with Crippen LogP contribution in [0.5, 0.6) is 5.88 Å². The molecule has 0 spiro atoms. The first-order valence-electron chi connectivity index (χ1n) is 5.95. The number of rotatable bonds is 7. The molecule has 0 radical (unpaired) electrons. The van der Waals surface area contributed by atoms with Crippen LogP contribution < -0.4 is 10.1 Å². The van der Waals surface area contributed by atoms with Crippen molar-refractivity contribution in [2.75, 3.05) is 13.7 Å². The zero-order valence-corrected chi connectivity index (χ0v) is 11.1. The predicted octanol–water partition coefficient (Wildman–Crippen LogP) is 1.99. The lowest BCUT2D eigenvalue weighted by Crippen LogP contribution is -2.22. The van der Waals surface area contributed by atoms with Gasteiger partial charge in [-0.3, -0.25) is 0 Å². The molecule has 1 aromatic rings. The first-order valence-corrected chi connectivity index (χ1v) is 5.95. The van der Waals surface area contributed by atoms with E-state index in [0.29, 0.717) is 18.5 Å². The number of methoxy groups -OCH3 is 1. The van der Waals surface area contributed by atoms with E-state index < -0.39 is 0 Å². The maximum atomic E-state index is 5.58. The van der Waals surface area contributed by atoms with E-state index in [1.165, 1.54) is 0 Å². The third-order valence-electron chi connectivity index (χ3n) is 2.24. The Morgan fingerprint density at radius 2 is 2.06 bits per heavy atom. The van der Waals surface area contributed by atoms with Crippen molar-refractivity contribution in [1.29, 1.82) is 0 Å². The minimum Gasteiger partial charge on any atom is -0.472 e. The Kier molecular flexibility index (Phi) is 5.94. The number of pyridine rings is 1. The molecule has 0 aromatic carbocycles. The van der Waals surface area contributed by atoms with Crippen molar-refractivity contribution in [2.24, 2.45) is 0 Å². The van der Waals surface area contributed by atoms with E-state index in [9.17, 15) is 0 Å². The van der Waals surface area contributed by atoms with Crippen LogP contribution in [-0.4, -0.2) is 30.8 Å². The number of hydrogen-bond acceptors (Lipinski definition) is 4. The van der Waals surface area contributed by atoms with Crippen molar-refractivity contribution < 1.29 is 9.47 Å². The quantitative estimate of drug-likeness (QED) is 0.789. The molecule has 0 saturated heterocycles. The molecule has 1 atom stereocenters. The van der Waals surface area contributed by atoms with Crippen LogP contribution in [0.25, 0.3) is 0 Å². The Balaban J connectivity index is 2.44. The van der Waals surface area contributed by atoms with Crippen LogP contribution in [-0.2, 0) is 11.3 Å². The van der Waals surface area contributed by atoms with Gasteiger partial charge in [-0.1, -0.05) is 19.9 Å². The van der Waals surface area contributed by atoms with Gasteiger partial charge in [0.15, 0.2) is 0 Å². The molecule has 4 heteroatoms. The summed E-state index contributed by atoms with van der Waals surface area (Å²) in [4.78, 5) is 4.26. The molecular formula is C13H22N2O2.